The smallest absolute Gasteiger partial charge is 0.110 e. The Bertz CT molecular complexity index is 1580. The number of likely N-dealkylation sites (N-methyl/N-ethyl adjacent to an activating group) is 2. The minimum Gasteiger partial charge on any atom is -0.360 e. The van der Waals surface area contributed by atoms with Crippen LogP contribution in [0.25, 0.3) is 0 Å². The van der Waals surface area contributed by atoms with Crippen molar-refractivity contribution >= 4 is 0 Å². The molecule has 47 heavy (non-hydrogen) atoms. The van der Waals surface area contributed by atoms with Crippen molar-refractivity contribution in [3.63, 3.8) is 0 Å². The molecule has 0 fully saturated rings. The molecule has 6 rings (SSSR count). The lowest BCUT2D eigenvalue weighted by Gasteiger charge is -2.52. The number of ether oxygens (including phenoxy) is 1. The molecule has 236 valence electrons. The van der Waals surface area contributed by atoms with Crippen molar-refractivity contribution in [3.8, 4) is 0 Å². The SMILES string of the molecule is CN(C)C(c1ccccc1)(c1ccccc1)C(OC(c1ccccc1)C(c1ccccc1)(c1ccccc1)N(C)C)c1ccccc1. The molecule has 3 heteroatoms. The molecule has 2 atom stereocenters. The van der Waals surface area contributed by atoms with Crippen LogP contribution in [0.15, 0.2) is 182 Å². The van der Waals surface area contributed by atoms with E-state index >= 15 is 0 Å². The minimum atomic E-state index is -0.692. The second-order valence-electron chi connectivity index (χ2n) is 12.5. The van der Waals surface area contributed by atoms with Gasteiger partial charge < -0.3 is 4.74 Å². The van der Waals surface area contributed by atoms with Crippen LogP contribution in [0.4, 0.5) is 0 Å². The second kappa shape index (κ2) is 14.3. The molecule has 0 saturated heterocycles. The molecule has 0 radical (unpaired) electrons. The van der Waals surface area contributed by atoms with Crippen LogP contribution in [0.2, 0.25) is 0 Å². The van der Waals surface area contributed by atoms with E-state index in [2.05, 4.69) is 220 Å². The topological polar surface area (TPSA) is 15.7 Å². The zero-order chi connectivity index (χ0) is 32.7. The summed E-state index contributed by atoms with van der Waals surface area (Å²) in [4.78, 5) is 4.67. The summed E-state index contributed by atoms with van der Waals surface area (Å²) in [5.41, 5.74) is 5.45. The van der Waals surface area contributed by atoms with Crippen molar-refractivity contribution < 1.29 is 4.74 Å². The predicted molar refractivity (Wildman–Crippen MR) is 194 cm³/mol. The van der Waals surface area contributed by atoms with Crippen LogP contribution >= 0.6 is 0 Å². The fourth-order valence-electron chi connectivity index (χ4n) is 7.44. The molecule has 0 aromatic heterocycles. The third kappa shape index (κ3) is 5.94. The summed E-state index contributed by atoms with van der Waals surface area (Å²) in [7, 11) is 8.68. The zero-order valence-electron chi connectivity index (χ0n) is 27.8. The quantitative estimate of drug-likeness (QED) is 0.136. The van der Waals surface area contributed by atoms with Crippen molar-refractivity contribution in [3.05, 3.63) is 215 Å². The van der Waals surface area contributed by atoms with E-state index in [1.54, 1.807) is 0 Å². The minimum absolute atomic E-state index is 0.430. The summed E-state index contributed by atoms with van der Waals surface area (Å²) in [6, 6.07) is 64.7. The highest BCUT2D eigenvalue weighted by Gasteiger charge is 2.52. The fourth-order valence-corrected chi connectivity index (χ4v) is 7.44. The lowest BCUT2D eigenvalue weighted by Crippen LogP contribution is -2.53. The van der Waals surface area contributed by atoms with Gasteiger partial charge in [-0.2, -0.15) is 0 Å². The standard InChI is InChI=1S/C44H44N2O/c1-45(2)43(37-27-15-7-16-28-37,38-29-17-8-18-30-38)41(35-23-11-5-12-24-35)47-42(36-25-13-6-14-26-36)44(46(3)4,39-31-19-9-20-32-39)40-33-21-10-22-34-40/h5-34,41-42H,1-4H3. The van der Waals surface area contributed by atoms with Gasteiger partial charge >= 0.3 is 0 Å². The monoisotopic (exact) mass is 616 g/mol. The molecule has 3 nitrogen and oxygen atoms in total. The summed E-state index contributed by atoms with van der Waals surface area (Å²) < 4.78 is 8.01. The Labute approximate surface area is 280 Å². The van der Waals surface area contributed by atoms with Gasteiger partial charge in [-0.25, -0.2) is 0 Å². The summed E-state index contributed by atoms with van der Waals surface area (Å²) in [5, 5.41) is 0. The van der Waals surface area contributed by atoms with Gasteiger partial charge in [0.2, 0.25) is 0 Å². The van der Waals surface area contributed by atoms with Crippen LogP contribution in [0.3, 0.4) is 0 Å². The summed E-state index contributed by atoms with van der Waals surface area (Å²) in [5.74, 6) is 0. The van der Waals surface area contributed by atoms with Crippen molar-refractivity contribution in [2.24, 2.45) is 0 Å². The van der Waals surface area contributed by atoms with Crippen LogP contribution in [0, 0.1) is 0 Å². The zero-order valence-corrected chi connectivity index (χ0v) is 27.8. The lowest BCUT2D eigenvalue weighted by molar-refractivity contribution is -0.132. The lowest BCUT2D eigenvalue weighted by atomic mass is 9.72. The van der Waals surface area contributed by atoms with Crippen LogP contribution in [-0.2, 0) is 15.8 Å². The number of nitrogens with zero attached hydrogens (tertiary/aromatic N) is 2. The largest absolute Gasteiger partial charge is 0.360 e. The average Bonchev–Trinajstić information content (AvgIpc) is 3.13. The number of hydrogen-bond acceptors (Lipinski definition) is 3. The normalized spacial score (nSPS) is 13.4. The maximum Gasteiger partial charge on any atom is 0.110 e. The summed E-state index contributed by atoms with van der Waals surface area (Å²) in [6.07, 6.45) is -0.860. The van der Waals surface area contributed by atoms with E-state index in [0.29, 0.717) is 0 Å². The molecule has 6 aromatic rings. The van der Waals surface area contributed by atoms with E-state index in [0.717, 1.165) is 33.4 Å². The van der Waals surface area contributed by atoms with Gasteiger partial charge in [0.05, 0.1) is 0 Å². The predicted octanol–water partition coefficient (Wildman–Crippen LogP) is 9.50. The summed E-state index contributed by atoms with van der Waals surface area (Å²) in [6.45, 7) is 0. The van der Waals surface area contributed by atoms with Crippen molar-refractivity contribution in [1.82, 2.24) is 9.80 Å². The van der Waals surface area contributed by atoms with Crippen molar-refractivity contribution in [2.75, 3.05) is 28.2 Å². The Kier molecular flexibility index (Phi) is 9.79. The molecular weight excluding hydrogens is 572 g/mol. The van der Waals surface area contributed by atoms with Gasteiger partial charge in [-0.1, -0.05) is 182 Å². The van der Waals surface area contributed by atoms with E-state index in [-0.39, 0.29) is 0 Å². The van der Waals surface area contributed by atoms with Gasteiger partial charge in [0, 0.05) is 0 Å². The first-order valence-corrected chi connectivity index (χ1v) is 16.3. The molecule has 0 bridgehead atoms. The molecule has 0 aliphatic rings. The molecule has 2 unspecified atom stereocenters. The highest BCUT2D eigenvalue weighted by atomic mass is 16.5. The second-order valence-corrected chi connectivity index (χ2v) is 12.5. The Balaban J connectivity index is 1.71. The van der Waals surface area contributed by atoms with Gasteiger partial charge in [-0.15, -0.1) is 0 Å². The molecule has 0 spiro atoms. The highest BCUT2D eigenvalue weighted by Crippen LogP contribution is 2.54. The van der Waals surface area contributed by atoms with Gasteiger partial charge in [-0.05, 0) is 61.6 Å². The van der Waals surface area contributed by atoms with Crippen LogP contribution in [0.1, 0.15) is 45.6 Å². The maximum atomic E-state index is 8.01. The highest BCUT2D eigenvalue weighted by molar-refractivity contribution is 5.46. The number of rotatable bonds is 12. The van der Waals surface area contributed by atoms with Crippen LogP contribution in [0.5, 0.6) is 0 Å². The summed E-state index contributed by atoms with van der Waals surface area (Å²) >= 11 is 0. The van der Waals surface area contributed by atoms with Gasteiger partial charge in [0.15, 0.2) is 0 Å². The molecule has 0 saturated carbocycles. The van der Waals surface area contributed by atoms with Gasteiger partial charge in [-0.3, -0.25) is 9.80 Å². The molecule has 0 N–H and O–H groups in total. The van der Waals surface area contributed by atoms with Crippen LogP contribution < -0.4 is 0 Å². The first-order chi connectivity index (χ1) is 23.0. The Morgan fingerprint density at radius 3 is 0.766 bits per heavy atom. The van der Waals surface area contributed by atoms with Crippen molar-refractivity contribution in [2.45, 2.75) is 23.3 Å². The number of hydrogen-bond donors (Lipinski definition) is 0. The average molecular weight is 617 g/mol. The molecule has 0 amide bonds. The Hall–Kier alpha value is -4.80. The first kappa shape index (κ1) is 32.2. The van der Waals surface area contributed by atoms with Gasteiger partial charge in [0.1, 0.15) is 23.3 Å². The van der Waals surface area contributed by atoms with E-state index in [1.807, 2.05) is 0 Å². The molecule has 6 aromatic carbocycles. The molecule has 0 heterocycles. The van der Waals surface area contributed by atoms with Gasteiger partial charge in [0.25, 0.3) is 0 Å². The Morgan fingerprint density at radius 2 is 0.553 bits per heavy atom. The van der Waals surface area contributed by atoms with E-state index < -0.39 is 23.3 Å². The first-order valence-electron chi connectivity index (χ1n) is 16.3. The van der Waals surface area contributed by atoms with E-state index in [1.165, 1.54) is 0 Å². The number of benzene rings is 6. The van der Waals surface area contributed by atoms with E-state index in [9.17, 15) is 0 Å². The maximum absolute atomic E-state index is 8.01. The third-order valence-electron chi connectivity index (χ3n) is 9.50. The van der Waals surface area contributed by atoms with Crippen molar-refractivity contribution in [1.29, 1.82) is 0 Å². The molecule has 0 aliphatic heterocycles. The fraction of sp³-hybridized carbons (Fsp3) is 0.182. The Morgan fingerprint density at radius 1 is 0.340 bits per heavy atom. The van der Waals surface area contributed by atoms with E-state index in [4.69, 9.17) is 4.74 Å². The van der Waals surface area contributed by atoms with Crippen LogP contribution in [-0.4, -0.2) is 38.0 Å². The molecule has 0 aliphatic carbocycles. The third-order valence-corrected chi connectivity index (χ3v) is 9.50. The molecular formula is C44H44N2O.